The quantitative estimate of drug-likeness (QED) is 0.219. The Labute approximate surface area is 253 Å². The summed E-state index contributed by atoms with van der Waals surface area (Å²) in [5.41, 5.74) is 10.0. The molecule has 4 nitrogen and oxygen atoms in total. The number of aliphatic carboxylic acids is 1. The van der Waals surface area contributed by atoms with E-state index in [1.807, 2.05) is 6.08 Å². The predicted octanol–water partition coefficient (Wildman–Crippen LogP) is 9.00. The van der Waals surface area contributed by atoms with E-state index in [1.54, 1.807) is 6.92 Å². The number of aromatic amines is 1. The number of aromatic nitrogens is 1. The lowest BCUT2D eigenvalue weighted by atomic mass is 9.40. The summed E-state index contributed by atoms with van der Waals surface area (Å²) >= 11 is 0. The van der Waals surface area contributed by atoms with Gasteiger partial charge in [-0.05, 0) is 144 Å². The molecule has 0 bridgehead atoms. The standard InChI is InChI=1S/C38H53NO3/c1-23(2)11-13-26-20-29-30-22-28-15-16-32-36(6,18-9-10-25(5)35(41)42)33(40)17-19-37(32,7)38(28,8)34(30)39-31(29)21-27(26)14-12-24(3)4/h10-12,20-21,28,32-33,39-40H,9,13-19,22H2,1-8H3,(H,41,42). The molecule has 3 aliphatic rings. The van der Waals surface area contributed by atoms with Crippen LogP contribution in [0, 0.1) is 22.7 Å². The molecule has 2 saturated carbocycles. The van der Waals surface area contributed by atoms with Crippen molar-refractivity contribution in [1.29, 1.82) is 0 Å². The zero-order valence-corrected chi connectivity index (χ0v) is 27.3. The van der Waals surface area contributed by atoms with E-state index < -0.39 is 5.97 Å². The Morgan fingerprint density at radius 1 is 0.952 bits per heavy atom. The lowest BCUT2D eigenvalue weighted by molar-refractivity contribution is -0.166. The lowest BCUT2D eigenvalue weighted by Crippen LogP contribution is -2.62. The number of allylic oxidation sites excluding steroid dienone is 5. The van der Waals surface area contributed by atoms with Crippen LogP contribution < -0.4 is 0 Å². The van der Waals surface area contributed by atoms with Gasteiger partial charge in [0.05, 0.1) is 6.10 Å². The van der Waals surface area contributed by atoms with Gasteiger partial charge in [-0.25, -0.2) is 4.79 Å². The number of H-pyrrole nitrogens is 1. The van der Waals surface area contributed by atoms with Crippen LogP contribution in [0.1, 0.15) is 116 Å². The summed E-state index contributed by atoms with van der Waals surface area (Å²) in [5.74, 6) is 0.129. The van der Waals surface area contributed by atoms with E-state index in [2.05, 4.69) is 77.7 Å². The third-order valence-electron chi connectivity index (χ3n) is 12.2. The Balaban J connectivity index is 1.57. The molecule has 0 radical (unpaired) electrons. The number of hydrogen-bond acceptors (Lipinski definition) is 2. The molecule has 0 saturated heterocycles. The van der Waals surface area contributed by atoms with Gasteiger partial charge in [-0.15, -0.1) is 0 Å². The zero-order chi connectivity index (χ0) is 30.6. The van der Waals surface area contributed by atoms with Gasteiger partial charge in [-0.1, -0.05) is 50.1 Å². The summed E-state index contributed by atoms with van der Waals surface area (Å²) in [5, 5.41) is 22.3. The van der Waals surface area contributed by atoms with Crippen LogP contribution in [0.2, 0.25) is 0 Å². The topological polar surface area (TPSA) is 73.3 Å². The first-order valence-corrected chi connectivity index (χ1v) is 16.2. The molecule has 2 aromatic rings. The first-order valence-electron chi connectivity index (χ1n) is 16.2. The Hall–Kier alpha value is -2.59. The maximum absolute atomic E-state index is 11.5. The van der Waals surface area contributed by atoms with E-state index in [1.165, 1.54) is 50.9 Å². The van der Waals surface area contributed by atoms with Crippen molar-refractivity contribution in [3.05, 3.63) is 69.5 Å². The molecule has 42 heavy (non-hydrogen) atoms. The Bertz CT molecular complexity index is 1460. The first-order chi connectivity index (χ1) is 19.7. The molecule has 5 rings (SSSR count). The van der Waals surface area contributed by atoms with Gasteiger partial charge in [0.25, 0.3) is 0 Å². The SMILES string of the molecule is CC(C)=CCc1cc2[nH]c3c(c2cc1CC=C(C)C)CC1CCC2C(C)(CCC=C(C)C(=O)O)C(O)CCC2(C)C31C. The van der Waals surface area contributed by atoms with Gasteiger partial charge in [-0.2, -0.15) is 0 Å². The average molecular weight is 572 g/mol. The molecule has 2 fully saturated rings. The van der Waals surface area contributed by atoms with E-state index in [0.29, 0.717) is 23.8 Å². The molecule has 1 heterocycles. The Morgan fingerprint density at radius 3 is 2.21 bits per heavy atom. The fraction of sp³-hybridized carbons (Fsp3) is 0.605. The molecule has 1 aromatic carbocycles. The van der Waals surface area contributed by atoms with Gasteiger partial charge >= 0.3 is 5.97 Å². The van der Waals surface area contributed by atoms with Gasteiger partial charge in [0.15, 0.2) is 0 Å². The number of aliphatic hydroxyl groups is 1. The minimum absolute atomic E-state index is 0.0125. The van der Waals surface area contributed by atoms with E-state index in [-0.39, 0.29) is 22.3 Å². The fourth-order valence-corrected chi connectivity index (χ4v) is 9.41. The van der Waals surface area contributed by atoms with Crippen molar-refractivity contribution < 1.29 is 15.0 Å². The molecule has 0 aliphatic heterocycles. The summed E-state index contributed by atoms with van der Waals surface area (Å²) in [6, 6.07) is 4.92. The monoisotopic (exact) mass is 571 g/mol. The third kappa shape index (κ3) is 4.92. The van der Waals surface area contributed by atoms with Crippen molar-refractivity contribution in [2.24, 2.45) is 22.7 Å². The van der Waals surface area contributed by atoms with Crippen molar-refractivity contribution in [2.45, 2.75) is 125 Å². The third-order valence-corrected chi connectivity index (χ3v) is 12.2. The van der Waals surface area contributed by atoms with Crippen LogP contribution in [0.15, 0.2) is 47.1 Å². The van der Waals surface area contributed by atoms with Crippen LogP contribution in [-0.4, -0.2) is 27.3 Å². The maximum atomic E-state index is 11.5. The molecule has 0 amide bonds. The van der Waals surface area contributed by atoms with Crippen LogP contribution in [0.4, 0.5) is 0 Å². The second kappa shape index (κ2) is 11.2. The molecular weight excluding hydrogens is 518 g/mol. The highest BCUT2D eigenvalue weighted by Gasteiger charge is 2.66. The molecule has 1 aromatic heterocycles. The summed E-state index contributed by atoms with van der Waals surface area (Å²) < 4.78 is 0. The van der Waals surface area contributed by atoms with Crippen LogP contribution in [-0.2, 0) is 29.5 Å². The number of rotatable bonds is 8. The van der Waals surface area contributed by atoms with Crippen LogP contribution in [0.3, 0.4) is 0 Å². The van der Waals surface area contributed by atoms with E-state index >= 15 is 0 Å². The van der Waals surface area contributed by atoms with E-state index in [0.717, 1.165) is 44.9 Å². The number of hydrogen-bond donors (Lipinski definition) is 3. The largest absolute Gasteiger partial charge is 0.478 e. The maximum Gasteiger partial charge on any atom is 0.330 e. The van der Waals surface area contributed by atoms with Crippen molar-refractivity contribution in [1.82, 2.24) is 4.98 Å². The Morgan fingerprint density at radius 2 is 1.60 bits per heavy atom. The summed E-state index contributed by atoms with van der Waals surface area (Å²) in [4.78, 5) is 15.4. The Kier molecular flexibility index (Phi) is 8.20. The minimum atomic E-state index is -0.854. The predicted molar refractivity (Wildman–Crippen MR) is 174 cm³/mol. The first kappa shape index (κ1) is 30.9. The lowest BCUT2D eigenvalue weighted by Gasteiger charge is -2.65. The summed E-state index contributed by atoms with van der Waals surface area (Å²) in [7, 11) is 0. The number of aliphatic hydroxyl groups excluding tert-OH is 1. The van der Waals surface area contributed by atoms with Crippen LogP contribution in [0.25, 0.3) is 10.9 Å². The zero-order valence-electron chi connectivity index (χ0n) is 27.3. The van der Waals surface area contributed by atoms with E-state index in [9.17, 15) is 15.0 Å². The van der Waals surface area contributed by atoms with Gasteiger partial charge in [0.1, 0.15) is 0 Å². The highest BCUT2D eigenvalue weighted by atomic mass is 16.4. The van der Waals surface area contributed by atoms with Crippen molar-refractivity contribution >= 4 is 16.9 Å². The normalized spacial score (nSPS) is 32.2. The molecule has 3 N–H and O–H groups in total. The number of nitrogens with one attached hydrogen (secondary N) is 1. The van der Waals surface area contributed by atoms with Gasteiger partial charge in [-0.3, -0.25) is 0 Å². The summed E-state index contributed by atoms with van der Waals surface area (Å²) in [6.07, 6.45) is 14.9. The highest BCUT2D eigenvalue weighted by Crippen LogP contribution is 2.70. The van der Waals surface area contributed by atoms with Crippen LogP contribution in [0.5, 0.6) is 0 Å². The highest BCUT2D eigenvalue weighted by molar-refractivity contribution is 5.88. The molecule has 6 unspecified atom stereocenters. The average Bonchev–Trinajstić information content (AvgIpc) is 3.42. The number of fused-ring (bicyclic) bond motifs is 7. The minimum Gasteiger partial charge on any atom is -0.478 e. The molecular formula is C38H53NO3. The number of carboxylic acid groups (broad SMARTS) is 1. The fourth-order valence-electron chi connectivity index (χ4n) is 9.41. The molecule has 228 valence electrons. The molecule has 0 spiro atoms. The van der Waals surface area contributed by atoms with E-state index in [4.69, 9.17) is 0 Å². The molecule has 6 atom stereocenters. The second-order valence-corrected chi connectivity index (χ2v) is 15.1. The van der Waals surface area contributed by atoms with Crippen molar-refractivity contribution in [3.63, 3.8) is 0 Å². The van der Waals surface area contributed by atoms with Gasteiger partial charge in [0, 0.05) is 27.6 Å². The second-order valence-electron chi connectivity index (χ2n) is 15.1. The molecule has 3 aliphatic carbocycles. The van der Waals surface area contributed by atoms with Crippen molar-refractivity contribution in [2.75, 3.05) is 0 Å². The summed E-state index contributed by atoms with van der Waals surface area (Å²) in [6.45, 7) is 17.7. The number of carbonyl (C=O) groups is 1. The van der Waals surface area contributed by atoms with Gasteiger partial charge < -0.3 is 15.2 Å². The number of benzene rings is 1. The number of carboxylic acids is 1. The smallest absolute Gasteiger partial charge is 0.330 e. The van der Waals surface area contributed by atoms with Gasteiger partial charge in [0.2, 0.25) is 0 Å². The molecule has 4 heteroatoms. The van der Waals surface area contributed by atoms with Crippen LogP contribution >= 0.6 is 0 Å². The van der Waals surface area contributed by atoms with Crippen molar-refractivity contribution in [3.8, 4) is 0 Å².